The van der Waals surface area contributed by atoms with Gasteiger partial charge in [-0.15, -0.1) is 0 Å². The van der Waals surface area contributed by atoms with Crippen molar-refractivity contribution in [3.63, 3.8) is 0 Å². The number of hydrogen-bond donors (Lipinski definition) is 1. The highest BCUT2D eigenvalue weighted by Crippen LogP contribution is 2.28. The Kier molecular flexibility index (Phi) is 5.79. The number of halogens is 2. The number of ether oxygens (including phenoxy) is 1. The quantitative estimate of drug-likeness (QED) is 0.614. The van der Waals surface area contributed by atoms with Crippen molar-refractivity contribution in [2.75, 3.05) is 0 Å². The number of carbonyl (C=O) groups excluding carboxylic acids is 2. The summed E-state index contributed by atoms with van der Waals surface area (Å²) in [4.78, 5) is 25.1. The largest absolute Gasteiger partial charge is 0.448 e. The summed E-state index contributed by atoms with van der Waals surface area (Å²) in [5, 5.41) is 7.06. The van der Waals surface area contributed by atoms with Crippen LogP contribution in [-0.2, 0) is 28.9 Å². The molecule has 31 heavy (non-hydrogen) atoms. The number of fused-ring (bicyclic) bond motifs is 1. The highest BCUT2D eigenvalue weighted by molar-refractivity contribution is 5.92. The Bertz CT molecular complexity index is 1110. The van der Waals surface area contributed by atoms with Gasteiger partial charge in [0, 0.05) is 17.8 Å². The van der Waals surface area contributed by atoms with Crippen LogP contribution in [0.3, 0.4) is 0 Å². The van der Waals surface area contributed by atoms with E-state index in [1.165, 1.54) is 31.2 Å². The fourth-order valence-corrected chi connectivity index (χ4v) is 3.60. The minimum atomic E-state index is -1.03. The van der Waals surface area contributed by atoms with Crippen molar-refractivity contribution < 1.29 is 23.1 Å². The van der Waals surface area contributed by atoms with Crippen LogP contribution >= 0.6 is 0 Å². The number of nitrogens with one attached hydrogen (secondary N) is 1. The average Bonchev–Trinajstić information content (AvgIpc) is 3.36. The molecule has 1 unspecified atom stereocenters. The number of hydrogen-bond acceptors (Lipinski definition) is 4. The molecule has 0 radical (unpaired) electrons. The maximum absolute atomic E-state index is 13.3. The van der Waals surface area contributed by atoms with Crippen molar-refractivity contribution >= 4 is 11.9 Å². The number of nitrogens with zero attached hydrogens (tertiary/aromatic N) is 2. The minimum Gasteiger partial charge on any atom is -0.448 e. The first-order valence-corrected chi connectivity index (χ1v) is 10.0. The first kappa shape index (κ1) is 20.7. The molecule has 6 nitrogen and oxygen atoms in total. The molecule has 1 amide bonds. The lowest BCUT2D eigenvalue weighted by Gasteiger charge is -2.13. The molecule has 0 saturated carbocycles. The van der Waals surface area contributed by atoms with Gasteiger partial charge in [-0.2, -0.15) is 5.10 Å². The second-order valence-corrected chi connectivity index (χ2v) is 7.41. The maximum atomic E-state index is 13.3. The molecule has 1 N–H and O–H groups in total. The van der Waals surface area contributed by atoms with Crippen molar-refractivity contribution in [2.45, 2.75) is 38.8 Å². The van der Waals surface area contributed by atoms with Crippen LogP contribution in [0.15, 0.2) is 48.5 Å². The topological polar surface area (TPSA) is 73.2 Å². The lowest BCUT2D eigenvalue weighted by Crippen LogP contribution is -2.35. The Labute approximate surface area is 177 Å². The fraction of sp³-hybridized carbons (Fsp3) is 0.261. The van der Waals surface area contributed by atoms with Gasteiger partial charge in [-0.1, -0.05) is 12.1 Å². The van der Waals surface area contributed by atoms with E-state index in [9.17, 15) is 18.4 Å². The number of carbonyl (C=O) groups is 2. The lowest BCUT2D eigenvalue weighted by molar-refractivity contribution is -0.129. The summed E-state index contributed by atoms with van der Waals surface area (Å²) < 4.78 is 33.2. The molecule has 4 rings (SSSR count). The summed E-state index contributed by atoms with van der Waals surface area (Å²) in [7, 11) is 0. The Morgan fingerprint density at radius 3 is 2.39 bits per heavy atom. The molecule has 0 bridgehead atoms. The lowest BCUT2D eigenvalue weighted by atomic mass is 10.2. The summed E-state index contributed by atoms with van der Waals surface area (Å²) >= 11 is 0. The third kappa shape index (κ3) is 4.47. The minimum absolute atomic E-state index is 0.176. The van der Waals surface area contributed by atoms with Gasteiger partial charge < -0.3 is 10.1 Å². The van der Waals surface area contributed by atoms with E-state index in [0.717, 1.165) is 29.7 Å². The molecule has 2 aromatic carbocycles. The molecule has 1 aromatic heterocycles. The van der Waals surface area contributed by atoms with E-state index in [1.54, 1.807) is 28.9 Å². The van der Waals surface area contributed by atoms with Crippen LogP contribution in [0.4, 0.5) is 8.78 Å². The standard InChI is InChI=1S/C23H21F2N3O3/c1-14(22(29)26-13-15-5-7-16(24)8-6-15)31-23(30)21-19-3-2-4-20(19)28(27-21)18-11-9-17(25)10-12-18/h5-12,14H,2-4,13H2,1H3,(H,26,29). The Hall–Kier alpha value is -3.55. The van der Waals surface area contributed by atoms with Crippen LogP contribution in [0.1, 0.15) is 40.7 Å². The summed E-state index contributed by atoms with van der Waals surface area (Å²) in [6.07, 6.45) is 1.29. The average molecular weight is 425 g/mol. The third-order valence-electron chi connectivity index (χ3n) is 5.23. The zero-order valence-corrected chi connectivity index (χ0v) is 16.9. The van der Waals surface area contributed by atoms with Crippen LogP contribution in [-0.4, -0.2) is 27.8 Å². The zero-order chi connectivity index (χ0) is 22.0. The smallest absolute Gasteiger partial charge is 0.359 e. The fourth-order valence-electron chi connectivity index (χ4n) is 3.60. The molecule has 0 fully saturated rings. The number of esters is 1. The summed E-state index contributed by atoms with van der Waals surface area (Å²) in [5.74, 6) is -1.85. The SMILES string of the molecule is CC(OC(=O)c1nn(-c2ccc(F)cc2)c2c1CCC2)C(=O)NCc1ccc(F)cc1. The number of benzene rings is 2. The Balaban J connectivity index is 1.44. The summed E-state index contributed by atoms with van der Waals surface area (Å²) in [5.41, 5.74) is 3.25. The molecule has 1 aliphatic rings. The van der Waals surface area contributed by atoms with E-state index in [1.807, 2.05) is 0 Å². The molecule has 1 atom stereocenters. The molecule has 0 aliphatic heterocycles. The van der Waals surface area contributed by atoms with Gasteiger partial charge in [0.05, 0.1) is 5.69 Å². The molecule has 3 aromatic rings. The predicted molar refractivity (Wildman–Crippen MR) is 109 cm³/mol. The van der Waals surface area contributed by atoms with Gasteiger partial charge in [0.15, 0.2) is 11.8 Å². The van der Waals surface area contributed by atoms with Gasteiger partial charge in [0.1, 0.15) is 11.6 Å². The predicted octanol–water partition coefficient (Wildman–Crippen LogP) is 3.50. The molecular formula is C23H21F2N3O3. The normalized spacial score (nSPS) is 13.5. The second kappa shape index (κ2) is 8.67. The maximum Gasteiger partial charge on any atom is 0.359 e. The monoisotopic (exact) mass is 425 g/mol. The van der Waals surface area contributed by atoms with Gasteiger partial charge in [-0.05, 0) is 68.1 Å². The Morgan fingerprint density at radius 2 is 1.71 bits per heavy atom. The van der Waals surface area contributed by atoms with E-state index < -0.39 is 18.0 Å². The second-order valence-electron chi connectivity index (χ2n) is 7.41. The van der Waals surface area contributed by atoms with E-state index in [-0.39, 0.29) is 23.9 Å². The molecule has 0 spiro atoms. The van der Waals surface area contributed by atoms with Gasteiger partial charge in [0.25, 0.3) is 5.91 Å². The molecule has 0 saturated heterocycles. The Morgan fingerprint density at radius 1 is 1.06 bits per heavy atom. The first-order chi connectivity index (χ1) is 14.9. The van der Waals surface area contributed by atoms with Crippen LogP contribution in [0.25, 0.3) is 5.69 Å². The first-order valence-electron chi connectivity index (χ1n) is 10.0. The van der Waals surface area contributed by atoms with E-state index in [2.05, 4.69) is 10.4 Å². The van der Waals surface area contributed by atoms with Crippen molar-refractivity contribution in [1.29, 1.82) is 0 Å². The van der Waals surface area contributed by atoms with Crippen molar-refractivity contribution in [2.24, 2.45) is 0 Å². The zero-order valence-electron chi connectivity index (χ0n) is 16.9. The van der Waals surface area contributed by atoms with Gasteiger partial charge >= 0.3 is 5.97 Å². The third-order valence-corrected chi connectivity index (χ3v) is 5.23. The van der Waals surface area contributed by atoms with Crippen LogP contribution in [0, 0.1) is 11.6 Å². The van der Waals surface area contributed by atoms with Gasteiger partial charge in [0.2, 0.25) is 0 Å². The van der Waals surface area contributed by atoms with Crippen LogP contribution in [0.2, 0.25) is 0 Å². The van der Waals surface area contributed by atoms with Crippen molar-refractivity contribution in [3.05, 3.63) is 82.7 Å². The molecule has 1 aliphatic carbocycles. The van der Waals surface area contributed by atoms with E-state index >= 15 is 0 Å². The van der Waals surface area contributed by atoms with E-state index in [0.29, 0.717) is 12.1 Å². The van der Waals surface area contributed by atoms with Crippen LogP contribution in [0.5, 0.6) is 0 Å². The molecule has 160 valence electrons. The highest BCUT2D eigenvalue weighted by Gasteiger charge is 2.29. The highest BCUT2D eigenvalue weighted by atomic mass is 19.1. The molecule has 1 heterocycles. The number of aromatic nitrogens is 2. The number of rotatable bonds is 6. The van der Waals surface area contributed by atoms with Crippen LogP contribution < -0.4 is 5.32 Å². The van der Waals surface area contributed by atoms with Crippen molar-refractivity contribution in [3.8, 4) is 5.69 Å². The van der Waals surface area contributed by atoms with Crippen molar-refractivity contribution in [1.82, 2.24) is 15.1 Å². The molecular weight excluding hydrogens is 404 g/mol. The van der Waals surface area contributed by atoms with Gasteiger partial charge in [-0.3, -0.25) is 4.79 Å². The summed E-state index contributed by atoms with van der Waals surface area (Å²) in [6, 6.07) is 11.6. The van der Waals surface area contributed by atoms with E-state index in [4.69, 9.17) is 4.74 Å². The summed E-state index contributed by atoms with van der Waals surface area (Å²) in [6.45, 7) is 1.67. The van der Waals surface area contributed by atoms with Gasteiger partial charge in [-0.25, -0.2) is 18.3 Å². The molecule has 8 heteroatoms. The number of amides is 1.